The van der Waals surface area contributed by atoms with Gasteiger partial charge in [0.2, 0.25) is 0 Å². The van der Waals surface area contributed by atoms with Gasteiger partial charge in [-0.05, 0) is 37.3 Å². The van der Waals surface area contributed by atoms with E-state index in [4.69, 9.17) is 4.74 Å². The van der Waals surface area contributed by atoms with Gasteiger partial charge >= 0.3 is 6.03 Å². The quantitative estimate of drug-likeness (QED) is 0.897. The molecule has 5 nitrogen and oxygen atoms in total. The number of hydrogen-bond acceptors (Lipinski definition) is 3. The second-order valence-electron chi connectivity index (χ2n) is 6.06. The summed E-state index contributed by atoms with van der Waals surface area (Å²) < 4.78 is 5.27. The Labute approximate surface area is 132 Å². The molecule has 0 spiro atoms. The maximum Gasteiger partial charge on any atom is 0.315 e. The van der Waals surface area contributed by atoms with E-state index >= 15 is 0 Å². The normalized spacial score (nSPS) is 21.6. The number of nitrogens with zero attached hydrogens (tertiary/aromatic N) is 1. The average Bonchev–Trinajstić information content (AvgIpc) is 3.07. The number of carbonyl (C=O) groups is 1. The number of ether oxygens (including phenoxy) is 1. The summed E-state index contributed by atoms with van der Waals surface area (Å²) in [5.41, 5.74) is 2.44. The van der Waals surface area contributed by atoms with Gasteiger partial charge in [-0.2, -0.15) is 0 Å². The average molecular weight is 303 g/mol. The monoisotopic (exact) mass is 303 g/mol. The third-order valence-electron chi connectivity index (χ3n) is 4.39. The van der Waals surface area contributed by atoms with Crippen molar-refractivity contribution in [1.82, 2.24) is 10.6 Å². The lowest BCUT2D eigenvalue weighted by molar-refractivity contribution is 0.188. The summed E-state index contributed by atoms with van der Waals surface area (Å²) in [5.74, 6) is 0. The first-order valence-electron chi connectivity index (χ1n) is 8.28. The Bertz CT molecular complexity index is 494. The minimum absolute atomic E-state index is 0.107. The highest BCUT2D eigenvalue weighted by Crippen LogP contribution is 2.23. The third-order valence-corrected chi connectivity index (χ3v) is 4.39. The molecular weight excluding hydrogens is 278 g/mol. The van der Waals surface area contributed by atoms with Crippen molar-refractivity contribution in [3.63, 3.8) is 0 Å². The van der Waals surface area contributed by atoms with E-state index in [1.807, 2.05) is 6.07 Å². The first kappa shape index (κ1) is 15.2. The van der Waals surface area contributed by atoms with Crippen molar-refractivity contribution in [2.24, 2.45) is 0 Å². The van der Waals surface area contributed by atoms with Crippen LogP contribution < -0.4 is 15.5 Å². The van der Waals surface area contributed by atoms with E-state index in [1.54, 1.807) is 0 Å². The van der Waals surface area contributed by atoms with Crippen molar-refractivity contribution in [1.29, 1.82) is 0 Å². The number of piperidine rings is 1. The highest BCUT2D eigenvalue weighted by atomic mass is 16.5. The molecule has 0 bridgehead atoms. The molecule has 2 fully saturated rings. The highest BCUT2D eigenvalue weighted by Gasteiger charge is 2.18. The zero-order valence-electron chi connectivity index (χ0n) is 13.0. The van der Waals surface area contributed by atoms with Crippen LogP contribution in [0.2, 0.25) is 0 Å². The summed E-state index contributed by atoms with van der Waals surface area (Å²) in [6.45, 7) is 4.15. The molecule has 2 aliphatic heterocycles. The van der Waals surface area contributed by atoms with Crippen molar-refractivity contribution in [2.45, 2.75) is 38.3 Å². The zero-order valence-corrected chi connectivity index (χ0v) is 13.0. The molecule has 5 heteroatoms. The molecule has 1 atom stereocenters. The van der Waals surface area contributed by atoms with Crippen molar-refractivity contribution in [3.05, 3.63) is 29.8 Å². The molecule has 1 aromatic rings. The fourth-order valence-corrected chi connectivity index (χ4v) is 3.16. The molecule has 2 amide bonds. The number of hydrogen-bond donors (Lipinski definition) is 2. The summed E-state index contributed by atoms with van der Waals surface area (Å²) in [7, 11) is 0. The van der Waals surface area contributed by atoms with Gasteiger partial charge in [-0.1, -0.05) is 18.2 Å². The molecule has 0 radical (unpaired) electrons. The van der Waals surface area contributed by atoms with Crippen LogP contribution in [0.3, 0.4) is 0 Å². The summed E-state index contributed by atoms with van der Waals surface area (Å²) in [6.07, 6.45) is 4.73. The maximum absolute atomic E-state index is 12.0. The predicted octanol–water partition coefficient (Wildman–Crippen LogP) is 2.27. The van der Waals surface area contributed by atoms with Gasteiger partial charge in [0, 0.05) is 31.9 Å². The summed E-state index contributed by atoms with van der Waals surface area (Å²) in [6, 6.07) is 8.41. The van der Waals surface area contributed by atoms with Gasteiger partial charge in [0.15, 0.2) is 0 Å². The third kappa shape index (κ3) is 3.91. The molecule has 2 saturated heterocycles. The molecule has 0 saturated carbocycles. The van der Waals surface area contributed by atoms with E-state index in [9.17, 15) is 4.79 Å². The van der Waals surface area contributed by atoms with Gasteiger partial charge in [0.05, 0.1) is 12.6 Å². The maximum atomic E-state index is 12.0. The fraction of sp³-hybridized carbons (Fsp3) is 0.588. The number of rotatable bonds is 4. The van der Waals surface area contributed by atoms with Crippen LogP contribution in [0.4, 0.5) is 10.5 Å². The summed E-state index contributed by atoms with van der Waals surface area (Å²) in [5, 5.41) is 5.93. The molecule has 1 aromatic carbocycles. The van der Waals surface area contributed by atoms with E-state index in [2.05, 4.69) is 33.7 Å². The van der Waals surface area contributed by atoms with Gasteiger partial charge in [0.1, 0.15) is 0 Å². The number of amides is 2. The Morgan fingerprint density at radius 2 is 2.05 bits per heavy atom. The van der Waals surface area contributed by atoms with Crippen molar-refractivity contribution < 1.29 is 9.53 Å². The summed E-state index contributed by atoms with van der Waals surface area (Å²) in [4.78, 5) is 14.4. The Kier molecular flexibility index (Phi) is 5.16. The number of carbonyl (C=O) groups excluding carboxylic acids is 1. The second-order valence-corrected chi connectivity index (χ2v) is 6.06. The van der Waals surface area contributed by atoms with Crippen LogP contribution in [0.15, 0.2) is 24.3 Å². The number of urea groups is 1. The first-order chi connectivity index (χ1) is 10.8. The number of benzene rings is 1. The Morgan fingerprint density at radius 3 is 2.82 bits per heavy atom. The molecular formula is C17H25N3O2. The van der Waals surface area contributed by atoms with Crippen LogP contribution in [0.5, 0.6) is 0 Å². The molecule has 0 aliphatic carbocycles. The van der Waals surface area contributed by atoms with Crippen LogP contribution in [-0.4, -0.2) is 38.4 Å². The lowest BCUT2D eigenvalue weighted by atomic mass is 10.1. The largest absolute Gasteiger partial charge is 0.379 e. The minimum atomic E-state index is -0.107. The van der Waals surface area contributed by atoms with Crippen LogP contribution >= 0.6 is 0 Å². The predicted molar refractivity (Wildman–Crippen MR) is 87.1 cm³/mol. The van der Waals surface area contributed by atoms with Gasteiger partial charge in [-0.3, -0.25) is 0 Å². The summed E-state index contributed by atoms with van der Waals surface area (Å²) >= 11 is 0. The number of anilines is 1. The standard InChI is InChI=1S/C17H25N3O2/c21-17(19-15-8-11-22-13-15)18-12-14-6-2-3-7-16(14)20-9-4-1-5-10-20/h2-3,6-7,15H,1,4-5,8-13H2,(H2,18,19,21). The second kappa shape index (κ2) is 7.49. The van der Waals surface area contributed by atoms with E-state index in [0.717, 1.165) is 26.1 Å². The van der Waals surface area contributed by atoms with Crippen LogP contribution in [0, 0.1) is 0 Å². The van der Waals surface area contributed by atoms with Crippen molar-refractivity contribution >= 4 is 11.7 Å². The van der Waals surface area contributed by atoms with Gasteiger partial charge in [0.25, 0.3) is 0 Å². The molecule has 120 valence electrons. The van der Waals surface area contributed by atoms with Gasteiger partial charge < -0.3 is 20.3 Å². The van der Waals surface area contributed by atoms with Crippen molar-refractivity contribution in [2.75, 3.05) is 31.2 Å². The number of nitrogens with one attached hydrogen (secondary N) is 2. The zero-order chi connectivity index (χ0) is 15.2. The first-order valence-corrected chi connectivity index (χ1v) is 8.28. The highest BCUT2D eigenvalue weighted by molar-refractivity contribution is 5.74. The molecule has 0 aromatic heterocycles. The van der Waals surface area contributed by atoms with Crippen LogP contribution in [-0.2, 0) is 11.3 Å². The van der Waals surface area contributed by atoms with Crippen molar-refractivity contribution in [3.8, 4) is 0 Å². The lowest BCUT2D eigenvalue weighted by Crippen LogP contribution is -2.42. The Morgan fingerprint density at radius 1 is 1.23 bits per heavy atom. The fourth-order valence-electron chi connectivity index (χ4n) is 3.16. The molecule has 2 aliphatic rings. The molecule has 22 heavy (non-hydrogen) atoms. The SMILES string of the molecule is O=C(NCc1ccccc1N1CCCCC1)NC1CCOC1. The van der Waals surface area contributed by atoms with Crippen LogP contribution in [0.25, 0.3) is 0 Å². The Hall–Kier alpha value is -1.75. The van der Waals surface area contributed by atoms with E-state index in [-0.39, 0.29) is 12.1 Å². The van der Waals surface area contributed by atoms with E-state index < -0.39 is 0 Å². The smallest absolute Gasteiger partial charge is 0.315 e. The molecule has 2 N–H and O–H groups in total. The number of para-hydroxylation sites is 1. The topological polar surface area (TPSA) is 53.6 Å². The van der Waals surface area contributed by atoms with E-state index in [1.165, 1.54) is 30.5 Å². The van der Waals surface area contributed by atoms with Gasteiger partial charge in [-0.15, -0.1) is 0 Å². The van der Waals surface area contributed by atoms with Crippen LogP contribution in [0.1, 0.15) is 31.2 Å². The molecule has 1 unspecified atom stereocenters. The molecule has 3 rings (SSSR count). The lowest BCUT2D eigenvalue weighted by Gasteiger charge is -2.30. The Balaban J connectivity index is 1.56. The van der Waals surface area contributed by atoms with E-state index in [0.29, 0.717) is 13.2 Å². The molecule has 2 heterocycles. The van der Waals surface area contributed by atoms with Gasteiger partial charge in [-0.25, -0.2) is 4.79 Å². The minimum Gasteiger partial charge on any atom is -0.379 e.